The maximum Gasteiger partial charge on any atom is 0.258 e. The van der Waals surface area contributed by atoms with Gasteiger partial charge in [0.1, 0.15) is 0 Å². The fourth-order valence-corrected chi connectivity index (χ4v) is 2.18. The minimum absolute atomic E-state index is 0.280. The molecule has 5 heteroatoms. The van der Waals surface area contributed by atoms with Gasteiger partial charge in [0, 0.05) is 36.2 Å². The van der Waals surface area contributed by atoms with Gasteiger partial charge in [-0.15, -0.1) is 0 Å². The van der Waals surface area contributed by atoms with Crippen molar-refractivity contribution in [2.75, 3.05) is 5.32 Å². The zero-order valence-corrected chi connectivity index (χ0v) is 11.8. The van der Waals surface area contributed by atoms with Crippen LogP contribution in [0.15, 0.2) is 67.3 Å². The number of hydrogen-bond donors (Lipinski definition) is 1. The number of anilines is 1. The third kappa shape index (κ3) is 2.95. The van der Waals surface area contributed by atoms with E-state index in [1.54, 1.807) is 12.3 Å². The summed E-state index contributed by atoms with van der Waals surface area (Å²) in [5, 5.41) is 3.20. The number of carbonyl (C=O) groups is 1. The molecule has 0 spiro atoms. The minimum Gasteiger partial charge on any atom is -0.324 e. The van der Waals surface area contributed by atoms with Crippen molar-refractivity contribution in [2.24, 2.45) is 0 Å². The number of carbonyl (C=O) groups excluding carboxylic acids is 1. The molecule has 0 saturated heterocycles. The number of halogens is 1. The van der Waals surface area contributed by atoms with E-state index >= 15 is 0 Å². The predicted octanol–water partition coefficient (Wildman–Crippen LogP) is 3.78. The van der Waals surface area contributed by atoms with E-state index < -0.39 is 0 Å². The monoisotopic (exact) mass is 297 g/mol. The molecule has 1 aromatic carbocycles. The Balaban J connectivity index is 1.84. The Hall–Kier alpha value is -2.59. The van der Waals surface area contributed by atoms with E-state index in [1.807, 2.05) is 53.4 Å². The maximum atomic E-state index is 12.2. The average molecular weight is 298 g/mol. The fraction of sp³-hybridized carbons (Fsp3) is 0. The highest BCUT2D eigenvalue weighted by atomic mass is 35.5. The van der Waals surface area contributed by atoms with E-state index in [-0.39, 0.29) is 5.91 Å². The highest BCUT2D eigenvalue weighted by molar-refractivity contribution is 6.34. The number of hydrogen-bond acceptors (Lipinski definition) is 2. The summed E-state index contributed by atoms with van der Waals surface area (Å²) in [5.74, 6) is -0.280. The van der Waals surface area contributed by atoms with Crippen LogP contribution in [0, 0.1) is 0 Å². The Morgan fingerprint density at radius 2 is 1.95 bits per heavy atom. The van der Waals surface area contributed by atoms with Gasteiger partial charge in [0.2, 0.25) is 0 Å². The number of benzene rings is 1. The second-order valence-corrected chi connectivity index (χ2v) is 4.86. The first kappa shape index (κ1) is 13.4. The van der Waals surface area contributed by atoms with Crippen molar-refractivity contribution in [1.29, 1.82) is 0 Å². The highest BCUT2D eigenvalue weighted by Gasteiger charge is 2.10. The fourth-order valence-electron chi connectivity index (χ4n) is 1.99. The molecule has 0 bridgehead atoms. The van der Waals surface area contributed by atoms with Gasteiger partial charge < -0.3 is 9.88 Å². The first-order chi connectivity index (χ1) is 10.2. The lowest BCUT2D eigenvalue weighted by Gasteiger charge is -2.09. The van der Waals surface area contributed by atoms with Crippen LogP contribution in [0.3, 0.4) is 0 Å². The molecule has 0 aliphatic carbocycles. The van der Waals surface area contributed by atoms with Crippen LogP contribution in [0.1, 0.15) is 10.4 Å². The lowest BCUT2D eigenvalue weighted by atomic mass is 10.2. The molecular formula is C16H12ClN3O. The first-order valence-corrected chi connectivity index (χ1v) is 6.76. The van der Waals surface area contributed by atoms with Gasteiger partial charge in [-0.25, -0.2) is 0 Å². The van der Waals surface area contributed by atoms with Gasteiger partial charge in [0.25, 0.3) is 5.91 Å². The molecule has 2 aromatic heterocycles. The summed E-state index contributed by atoms with van der Waals surface area (Å²) in [4.78, 5) is 16.1. The standard InChI is InChI=1S/C16H12ClN3O/c17-15-6-7-18-11-14(15)16(21)19-12-4-3-5-13(10-12)20-8-1-2-9-20/h1-11H,(H,19,21). The van der Waals surface area contributed by atoms with E-state index in [0.717, 1.165) is 5.69 Å². The van der Waals surface area contributed by atoms with Gasteiger partial charge in [-0.1, -0.05) is 17.7 Å². The number of rotatable bonds is 3. The Morgan fingerprint density at radius 1 is 1.14 bits per heavy atom. The van der Waals surface area contributed by atoms with Crippen molar-refractivity contribution < 1.29 is 4.79 Å². The minimum atomic E-state index is -0.280. The van der Waals surface area contributed by atoms with Crippen LogP contribution in [-0.2, 0) is 0 Å². The SMILES string of the molecule is O=C(Nc1cccc(-n2cccc2)c1)c1cnccc1Cl. The number of pyridine rings is 1. The topological polar surface area (TPSA) is 46.9 Å². The van der Waals surface area contributed by atoms with Crippen molar-refractivity contribution in [1.82, 2.24) is 9.55 Å². The van der Waals surface area contributed by atoms with Gasteiger partial charge in [-0.3, -0.25) is 9.78 Å². The Bertz CT molecular complexity index is 769. The van der Waals surface area contributed by atoms with Crippen LogP contribution in [0.2, 0.25) is 5.02 Å². The molecule has 1 amide bonds. The lowest BCUT2D eigenvalue weighted by molar-refractivity contribution is 0.102. The number of amides is 1. The van der Waals surface area contributed by atoms with Crippen molar-refractivity contribution >= 4 is 23.2 Å². The van der Waals surface area contributed by atoms with Gasteiger partial charge >= 0.3 is 0 Å². The number of nitrogens with zero attached hydrogens (tertiary/aromatic N) is 2. The molecule has 0 fully saturated rings. The summed E-state index contributed by atoms with van der Waals surface area (Å²) < 4.78 is 1.96. The molecule has 3 rings (SSSR count). The van der Waals surface area contributed by atoms with E-state index in [0.29, 0.717) is 16.3 Å². The molecule has 104 valence electrons. The van der Waals surface area contributed by atoms with Crippen molar-refractivity contribution in [3.05, 3.63) is 77.8 Å². The molecule has 0 aliphatic rings. The predicted molar refractivity (Wildman–Crippen MR) is 83.0 cm³/mol. The first-order valence-electron chi connectivity index (χ1n) is 6.38. The molecule has 2 heterocycles. The average Bonchev–Trinajstić information content (AvgIpc) is 3.02. The molecule has 0 aliphatic heterocycles. The van der Waals surface area contributed by atoms with Gasteiger partial charge in [-0.05, 0) is 36.4 Å². The van der Waals surface area contributed by atoms with Crippen molar-refractivity contribution in [3.8, 4) is 5.69 Å². The molecule has 0 radical (unpaired) electrons. The van der Waals surface area contributed by atoms with Crippen molar-refractivity contribution in [3.63, 3.8) is 0 Å². The van der Waals surface area contributed by atoms with E-state index in [4.69, 9.17) is 11.6 Å². The second kappa shape index (κ2) is 5.81. The maximum absolute atomic E-state index is 12.2. The largest absolute Gasteiger partial charge is 0.324 e. The van der Waals surface area contributed by atoms with E-state index in [2.05, 4.69) is 10.3 Å². The third-order valence-electron chi connectivity index (χ3n) is 3.02. The third-order valence-corrected chi connectivity index (χ3v) is 3.35. The summed E-state index contributed by atoms with van der Waals surface area (Å²) in [6.45, 7) is 0. The van der Waals surface area contributed by atoms with Gasteiger partial charge in [0.15, 0.2) is 0 Å². The van der Waals surface area contributed by atoms with Gasteiger partial charge in [0.05, 0.1) is 10.6 Å². The normalized spacial score (nSPS) is 10.3. The quantitative estimate of drug-likeness (QED) is 0.800. The van der Waals surface area contributed by atoms with Crippen LogP contribution in [0.5, 0.6) is 0 Å². The molecule has 1 N–H and O–H groups in total. The molecule has 0 saturated carbocycles. The van der Waals surface area contributed by atoms with E-state index in [9.17, 15) is 4.79 Å². The van der Waals surface area contributed by atoms with Crippen LogP contribution in [-0.4, -0.2) is 15.5 Å². The zero-order chi connectivity index (χ0) is 14.7. The smallest absolute Gasteiger partial charge is 0.258 e. The lowest BCUT2D eigenvalue weighted by Crippen LogP contribution is -2.13. The van der Waals surface area contributed by atoms with Crippen LogP contribution in [0.4, 0.5) is 5.69 Å². The van der Waals surface area contributed by atoms with Crippen molar-refractivity contribution in [2.45, 2.75) is 0 Å². The Kier molecular flexibility index (Phi) is 3.71. The Morgan fingerprint density at radius 3 is 2.71 bits per heavy atom. The highest BCUT2D eigenvalue weighted by Crippen LogP contribution is 2.18. The summed E-state index contributed by atoms with van der Waals surface area (Å²) in [5.41, 5.74) is 2.02. The molecule has 0 atom stereocenters. The Labute approximate surface area is 127 Å². The van der Waals surface area contributed by atoms with Crippen LogP contribution >= 0.6 is 11.6 Å². The molecule has 21 heavy (non-hydrogen) atoms. The summed E-state index contributed by atoms with van der Waals surface area (Å²) >= 11 is 5.99. The summed E-state index contributed by atoms with van der Waals surface area (Å²) in [7, 11) is 0. The molecule has 0 unspecified atom stereocenters. The second-order valence-electron chi connectivity index (χ2n) is 4.45. The summed E-state index contributed by atoms with van der Waals surface area (Å²) in [6, 6.07) is 13.0. The molecule has 3 aromatic rings. The van der Waals surface area contributed by atoms with Crippen LogP contribution < -0.4 is 5.32 Å². The van der Waals surface area contributed by atoms with Gasteiger partial charge in [-0.2, -0.15) is 0 Å². The van der Waals surface area contributed by atoms with Crippen LogP contribution in [0.25, 0.3) is 5.69 Å². The molecule has 4 nitrogen and oxygen atoms in total. The number of nitrogens with one attached hydrogen (secondary N) is 1. The number of aromatic nitrogens is 2. The molecular weight excluding hydrogens is 286 g/mol. The summed E-state index contributed by atoms with van der Waals surface area (Å²) in [6.07, 6.45) is 6.89. The van der Waals surface area contributed by atoms with E-state index in [1.165, 1.54) is 6.20 Å². The zero-order valence-electron chi connectivity index (χ0n) is 11.0.